The number of hydrogen-bond acceptors (Lipinski definition) is 2. The van der Waals surface area contributed by atoms with Crippen molar-refractivity contribution in [2.45, 2.75) is 39.5 Å². The lowest BCUT2D eigenvalue weighted by molar-refractivity contribution is -0.116. The number of rotatable bonds is 5. The lowest BCUT2D eigenvalue weighted by atomic mass is 10.1. The van der Waals surface area contributed by atoms with E-state index in [-0.39, 0.29) is 18.3 Å². The van der Waals surface area contributed by atoms with Crippen LogP contribution in [0.1, 0.15) is 38.2 Å². The van der Waals surface area contributed by atoms with Gasteiger partial charge in [-0.2, -0.15) is 0 Å². The molecule has 0 radical (unpaired) electrons. The molecule has 0 saturated heterocycles. The second-order valence-corrected chi connectivity index (χ2v) is 5.10. The van der Waals surface area contributed by atoms with Gasteiger partial charge >= 0.3 is 0 Å². The Kier molecular flexibility index (Phi) is 8.03. The van der Waals surface area contributed by atoms with Crippen molar-refractivity contribution in [1.82, 2.24) is 0 Å². The number of nitrogen functional groups attached to an aromatic ring is 1. The number of amides is 1. The molecule has 3 N–H and O–H groups in total. The first kappa shape index (κ1) is 17.3. The Balaban J connectivity index is 0.00000289. The van der Waals surface area contributed by atoms with Gasteiger partial charge in [0.1, 0.15) is 0 Å². The summed E-state index contributed by atoms with van der Waals surface area (Å²) in [5.74, 6) is 0.0302. The molecule has 1 rings (SSSR count). The van der Waals surface area contributed by atoms with Crippen LogP contribution in [0.2, 0.25) is 0 Å². The fraction of sp³-hybridized carbons (Fsp3) is 0.462. The predicted molar refractivity (Wildman–Crippen MR) is 83.3 cm³/mol. The molecule has 0 aliphatic carbocycles. The van der Waals surface area contributed by atoms with Crippen LogP contribution in [0.3, 0.4) is 0 Å². The maximum absolute atomic E-state index is 11.7. The summed E-state index contributed by atoms with van der Waals surface area (Å²) in [6.07, 6.45) is 3.68. The van der Waals surface area contributed by atoms with Crippen LogP contribution in [-0.2, 0) is 4.79 Å². The Morgan fingerprint density at radius 3 is 2.67 bits per heavy atom. The van der Waals surface area contributed by atoms with E-state index in [1.54, 1.807) is 0 Å². The van der Waals surface area contributed by atoms with Crippen molar-refractivity contribution in [2.75, 3.05) is 11.1 Å². The monoisotopic (exact) mass is 334 g/mol. The zero-order valence-corrected chi connectivity index (χ0v) is 13.2. The second-order valence-electron chi connectivity index (χ2n) is 4.19. The lowest BCUT2D eigenvalue weighted by Gasteiger charge is -2.11. The third-order valence-electron chi connectivity index (χ3n) is 2.63. The van der Waals surface area contributed by atoms with E-state index in [1.807, 2.05) is 19.1 Å². The van der Waals surface area contributed by atoms with Gasteiger partial charge in [0, 0.05) is 10.9 Å². The highest BCUT2D eigenvalue weighted by Gasteiger charge is 2.07. The molecule has 0 aliphatic heterocycles. The number of halogens is 2. The van der Waals surface area contributed by atoms with Gasteiger partial charge in [-0.05, 0) is 31.0 Å². The molecule has 102 valence electrons. The van der Waals surface area contributed by atoms with Crippen LogP contribution in [0, 0.1) is 6.92 Å². The standard InChI is InChI=1S/C13H19BrN2O.ClH/c1-3-4-5-6-12(17)16-11-8-10(14)7-9(2)13(11)15;/h7-8H,3-6,15H2,1-2H3,(H,16,17);1H. The molecular weight excluding hydrogens is 316 g/mol. The first-order valence-electron chi connectivity index (χ1n) is 5.90. The molecule has 0 unspecified atom stereocenters. The fourth-order valence-electron chi connectivity index (χ4n) is 1.61. The topological polar surface area (TPSA) is 55.1 Å². The van der Waals surface area contributed by atoms with Crippen LogP contribution in [0.5, 0.6) is 0 Å². The van der Waals surface area contributed by atoms with Gasteiger partial charge in [0.25, 0.3) is 0 Å². The molecule has 0 fully saturated rings. The van der Waals surface area contributed by atoms with Gasteiger partial charge in [-0.1, -0.05) is 35.7 Å². The molecule has 5 heteroatoms. The van der Waals surface area contributed by atoms with Crippen molar-refractivity contribution in [3.63, 3.8) is 0 Å². The van der Waals surface area contributed by atoms with Gasteiger partial charge < -0.3 is 11.1 Å². The highest BCUT2D eigenvalue weighted by atomic mass is 79.9. The Morgan fingerprint density at radius 1 is 1.39 bits per heavy atom. The Bertz CT molecular complexity index is 410. The Morgan fingerprint density at radius 2 is 2.06 bits per heavy atom. The van der Waals surface area contributed by atoms with E-state index in [2.05, 4.69) is 28.2 Å². The van der Waals surface area contributed by atoms with Crippen LogP contribution in [0.15, 0.2) is 16.6 Å². The molecule has 0 spiro atoms. The summed E-state index contributed by atoms with van der Waals surface area (Å²) in [5.41, 5.74) is 8.21. The van der Waals surface area contributed by atoms with E-state index in [0.717, 1.165) is 29.3 Å². The predicted octanol–water partition coefficient (Wildman–Crippen LogP) is 4.28. The number of unbranched alkanes of at least 4 members (excludes halogenated alkanes) is 2. The zero-order chi connectivity index (χ0) is 12.8. The first-order chi connectivity index (χ1) is 8.04. The summed E-state index contributed by atoms with van der Waals surface area (Å²) in [7, 11) is 0. The Labute approximate surface area is 123 Å². The molecule has 0 bridgehead atoms. The maximum Gasteiger partial charge on any atom is 0.224 e. The van der Waals surface area contributed by atoms with Gasteiger partial charge in [-0.3, -0.25) is 4.79 Å². The van der Waals surface area contributed by atoms with Gasteiger partial charge in [0.15, 0.2) is 0 Å². The SMILES string of the molecule is CCCCCC(=O)Nc1cc(Br)cc(C)c1N.Cl. The van der Waals surface area contributed by atoms with Crippen LogP contribution in [0.25, 0.3) is 0 Å². The van der Waals surface area contributed by atoms with E-state index in [0.29, 0.717) is 17.8 Å². The smallest absolute Gasteiger partial charge is 0.224 e. The molecule has 3 nitrogen and oxygen atoms in total. The molecule has 0 heterocycles. The quantitative estimate of drug-likeness (QED) is 0.623. The van der Waals surface area contributed by atoms with Crippen molar-refractivity contribution in [2.24, 2.45) is 0 Å². The Hall–Kier alpha value is -0.740. The van der Waals surface area contributed by atoms with Crippen molar-refractivity contribution in [1.29, 1.82) is 0 Å². The number of nitrogens with two attached hydrogens (primary N) is 1. The van der Waals surface area contributed by atoms with Crippen LogP contribution < -0.4 is 11.1 Å². The second kappa shape index (κ2) is 8.38. The zero-order valence-electron chi connectivity index (χ0n) is 10.8. The number of carbonyl (C=O) groups excluding carboxylic acids is 1. The fourth-order valence-corrected chi connectivity index (χ4v) is 2.18. The van der Waals surface area contributed by atoms with E-state index in [9.17, 15) is 4.79 Å². The van der Waals surface area contributed by atoms with Crippen molar-refractivity contribution >= 4 is 45.6 Å². The highest BCUT2D eigenvalue weighted by molar-refractivity contribution is 9.10. The number of carbonyl (C=O) groups is 1. The van der Waals surface area contributed by atoms with E-state index in [4.69, 9.17) is 5.73 Å². The lowest BCUT2D eigenvalue weighted by Crippen LogP contribution is -2.13. The normalized spacial score (nSPS) is 9.72. The summed E-state index contributed by atoms with van der Waals surface area (Å²) in [4.78, 5) is 11.7. The average Bonchev–Trinajstić information content (AvgIpc) is 2.25. The minimum atomic E-state index is 0. The molecule has 1 aromatic carbocycles. The van der Waals surface area contributed by atoms with Gasteiger partial charge in [-0.25, -0.2) is 0 Å². The number of hydrogen-bond donors (Lipinski definition) is 2. The average molecular weight is 336 g/mol. The van der Waals surface area contributed by atoms with E-state index in [1.165, 1.54) is 0 Å². The summed E-state index contributed by atoms with van der Waals surface area (Å²) in [5, 5.41) is 2.86. The summed E-state index contributed by atoms with van der Waals surface area (Å²) in [6, 6.07) is 3.77. The number of aryl methyl sites for hydroxylation is 1. The third kappa shape index (κ3) is 5.27. The minimum absolute atomic E-state index is 0. The summed E-state index contributed by atoms with van der Waals surface area (Å²) >= 11 is 3.39. The van der Waals surface area contributed by atoms with E-state index < -0.39 is 0 Å². The third-order valence-corrected chi connectivity index (χ3v) is 3.09. The summed E-state index contributed by atoms with van der Waals surface area (Å²) in [6.45, 7) is 4.04. The molecule has 0 atom stereocenters. The van der Waals surface area contributed by atoms with Crippen LogP contribution in [-0.4, -0.2) is 5.91 Å². The van der Waals surface area contributed by atoms with Crippen molar-refractivity contribution in [3.8, 4) is 0 Å². The molecule has 1 amide bonds. The van der Waals surface area contributed by atoms with Crippen LogP contribution >= 0.6 is 28.3 Å². The highest BCUT2D eigenvalue weighted by Crippen LogP contribution is 2.27. The first-order valence-corrected chi connectivity index (χ1v) is 6.69. The largest absolute Gasteiger partial charge is 0.397 e. The summed E-state index contributed by atoms with van der Waals surface area (Å²) < 4.78 is 0.924. The number of benzene rings is 1. The molecule has 0 aromatic heterocycles. The minimum Gasteiger partial charge on any atom is -0.397 e. The number of nitrogens with one attached hydrogen (secondary N) is 1. The number of anilines is 2. The van der Waals surface area contributed by atoms with Crippen LogP contribution in [0.4, 0.5) is 11.4 Å². The van der Waals surface area contributed by atoms with E-state index >= 15 is 0 Å². The molecule has 1 aromatic rings. The molecule has 0 saturated carbocycles. The molecular formula is C13H20BrClN2O. The van der Waals surface area contributed by atoms with Crippen molar-refractivity contribution in [3.05, 3.63) is 22.2 Å². The maximum atomic E-state index is 11.7. The molecule has 0 aliphatic rings. The van der Waals surface area contributed by atoms with Crippen molar-refractivity contribution < 1.29 is 4.79 Å². The van der Waals surface area contributed by atoms with Gasteiger partial charge in [-0.15, -0.1) is 12.4 Å². The molecule has 18 heavy (non-hydrogen) atoms. The van der Waals surface area contributed by atoms with Gasteiger partial charge in [0.2, 0.25) is 5.91 Å². The van der Waals surface area contributed by atoms with Gasteiger partial charge in [0.05, 0.1) is 11.4 Å².